The van der Waals surface area contributed by atoms with Gasteiger partial charge < -0.3 is 5.73 Å². The molecule has 0 radical (unpaired) electrons. The summed E-state index contributed by atoms with van der Waals surface area (Å²) in [7, 11) is 0. The Balaban J connectivity index is 0.000000320. The van der Waals surface area contributed by atoms with Crippen LogP contribution in [0.1, 0.15) is 41.8 Å². The summed E-state index contributed by atoms with van der Waals surface area (Å²) in [6.45, 7) is 8.04. The van der Waals surface area contributed by atoms with Gasteiger partial charge in [0.05, 0.1) is 22.5 Å². The van der Waals surface area contributed by atoms with E-state index in [1.807, 2.05) is 74.8 Å². The Bertz CT molecular complexity index is 1070. The maximum atomic E-state index is 11.8. The summed E-state index contributed by atoms with van der Waals surface area (Å²) in [5.41, 5.74) is 8.87. The molecule has 0 aliphatic rings. The van der Waals surface area contributed by atoms with Gasteiger partial charge in [-0.2, -0.15) is 5.10 Å². The van der Waals surface area contributed by atoms with E-state index in [1.165, 1.54) is 11.3 Å². The molecule has 0 unspecified atom stereocenters. The van der Waals surface area contributed by atoms with E-state index in [9.17, 15) is 4.79 Å². The maximum Gasteiger partial charge on any atom is 0.260 e. The number of thiazole rings is 1. The normalized spacial score (nSPS) is 11.1. The van der Waals surface area contributed by atoms with Gasteiger partial charge in [-0.25, -0.2) is 9.50 Å². The molecule has 6 nitrogen and oxygen atoms in total. The molecule has 0 spiro atoms. The molecule has 2 N–H and O–H groups in total. The van der Waals surface area contributed by atoms with Gasteiger partial charge in [-0.05, 0) is 31.2 Å². The lowest BCUT2D eigenvalue weighted by Gasteiger charge is -2.16. The van der Waals surface area contributed by atoms with Crippen LogP contribution in [-0.4, -0.2) is 25.5 Å². The molecule has 144 valence electrons. The van der Waals surface area contributed by atoms with Crippen molar-refractivity contribution in [2.24, 2.45) is 5.73 Å². The summed E-state index contributed by atoms with van der Waals surface area (Å²) in [6.07, 6.45) is 5.40. The van der Waals surface area contributed by atoms with E-state index in [4.69, 9.17) is 10.7 Å². The number of nitrogens with two attached hydrogens (primary N) is 1. The van der Waals surface area contributed by atoms with Crippen molar-refractivity contribution in [2.75, 3.05) is 0 Å². The highest BCUT2D eigenvalue weighted by atomic mass is 32.1. The van der Waals surface area contributed by atoms with Gasteiger partial charge in [-0.3, -0.25) is 9.78 Å². The van der Waals surface area contributed by atoms with Crippen LogP contribution in [0, 0.1) is 6.92 Å². The monoisotopic (exact) mass is 393 g/mol. The van der Waals surface area contributed by atoms with Crippen LogP contribution in [-0.2, 0) is 5.41 Å². The quantitative estimate of drug-likeness (QED) is 0.552. The molecule has 4 heterocycles. The first kappa shape index (κ1) is 19.7. The molecule has 4 aromatic rings. The highest BCUT2D eigenvalue weighted by Gasteiger charge is 2.27. The lowest BCUT2D eigenvalue weighted by atomic mass is 9.91. The number of aromatic nitrogens is 4. The van der Waals surface area contributed by atoms with Crippen LogP contribution >= 0.6 is 11.3 Å². The van der Waals surface area contributed by atoms with Gasteiger partial charge in [-0.15, -0.1) is 11.3 Å². The molecule has 0 atom stereocenters. The Kier molecular flexibility index (Phi) is 5.56. The van der Waals surface area contributed by atoms with Crippen LogP contribution in [0.5, 0.6) is 0 Å². The van der Waals surface area contributed by atoms with E-state index in [2.05, 4.69) is 10.1 Å². The Morgan fingerprint density at radius 1 is 1.11 bits per heavy atom. The number of fused-ring (bicyclic) bond motifs is 1. The molecule has 7 heteroatoms. The van der Waals surface area contributed by atoms with Crippen molar-refractivity contribution in [3.05, 3.63) is 71.3 Å². The molecule has 4 aromatic heterocycles. The number of aryl methyl sites for hydroxylation is 1. The first-order chi connectivity index (χ1) is 13.3. The van der Waals surface area contributed by atoms with Gasteiger partial charge in [0.1, 0.15) is 9.88 Å². The Hall–Kier alpha value is -3.06. The minimum absolute atomic E-state index is 0.240. The van der Waals surface area contributed by atoms with Crippen molar-refractivity contribution in [1.29, 1.82) is 0 Å². The van der Waals surface area contributed by atoms with E-state index in [1.54, 1.807) is 12.4 Å². The average molecular weight is 394 g/mol. The second-order valence-corrected chi connectivity index (χ2v) is 8.33. The smallest absolute Gasteiger partial charge is 0.260 e. The molecule has 0 saturated carbocycles. The number of carbonyl (C=O) groups excluding carboxylic acids is 1. The van der Waals surface area contributed by atoms with E-state index in [-0.39, 0.29) is 5.41 Å². The number of nitrogens with zero attached hydrogens (tertiary/aromatic N) is 4. The van der Waals surface area contributed by atoms with E-state index < -0.39 is 5.91 Å². The van der Waals surface area contributed by atoms with Crippen LogP contribution < -0.4 is 5.73 Å². The summed E-state index contributed by atoms with van der Waals surface area (Å²) in [4.78, 5) is 20.8. The van der Waals surface area contributed by atoms with Crippen molar-refractivity contribution in [1.82, 2.24) is 19.6 Å². The standard InChI is InChI=1S/C16H18N4OS.C5H5N/c1-9-11(10-7-5-6-8-20(10)19-9)15-18-13(16(2,3)4)12(22-15)14(17)21;1-2-4-6-5-3-1/h5-8H,1-4H3,(H2,17,21);1-5H. The summed E-state index contributed by atoms with van der Waals surface area (Å²) in [6, 6.07) is 11.6. The number of amides is 1. The first-order valence-corrected chi connectivity index (χ1v) is 9.71. The van der Waals surface area contributed by atoms with Gasteiger partial charge in [0.15, 0.2) is 0 Å². The zero-order chi connectivity index (χ0) is 20.3. The predicted octanol–water partition coefficient (Wildman–Crippen LogP) is 4.24. The molecule has 28 heavy (non-hydrogen) atoms. The second-order valence-electron chi connectivity index (χ2n) is 7.33. The van der Waals surface area contributed by atoms with Crippen molar-refractivity contribution >= 4 is 22.8 Å². The fourth-order valence-corrected chi connectivity index (χ4v) is 4.03. The second kappa shape index (κ2) is 7.90. The number of pyridine rings is 2. The van der Waals surface area contributed by atoms with Crippen molar-refractivity contribution in [3.8, 4) is 10.6 Å². The van der Waals surface area contributed by atoms with Gasteiger partial charge in [0, 0.05) is 24.0 Å². The zero-order valence-corrected chi connectivity index (χ0v) is 17.2. The fourth-order valence-electron chi connectivity index (χ4n) is 2.80. The first-order valence-electron chi connectivity index (χ1n) is 8.89. The van der Waals surface area contributed by atoms with Crippen LogP contribution in [0.4, 0.5) is 0 Å². The highest BCUT2D eigenvalue weighted by Crippen LogP contribution is 2.37. The molecule has 0 bridgehead atoms. The summed E-state index contributed by atoms with van der Waals surface area (Å²) < 4.78 is 1.83. The van der Waals surface area contributed by atoms with Gasteiger partial charge >= 0.3 is 0 Å². The Labute approximate surface area is 168 Å². The predicted molar refractivity (Wildman–Crippen MR) is 112 cm³/mol. The fraction of sp³-hybridized carbons (Fsp3) is 0.238. The molecule has 0 fully saturated rings. The summed E-state index contributed by atoms with van der Waals surface area (Å²) in [5.74, 6) is -0.428. The average Bonchev–Trinajstić information content (AvgIpc) is 3.24. The molecule has 0 saturated heterocycles. The summed E-state index contributed by atoms with van der Waals surface area (Å²) >= 11 is 1.34. The van der Waals surface area contributed by atoms with Crippen LogP contribution in [0.15, 0.2) is 55.0 Å². The van der Waals surface area contributed by atoms with Gasteiger partial charge in [-0.1, -0.05) is 32.9 Å². The summed E-state index contributed by atoms with van der Waals surface area (Å²) in [5, 5.41) is 5.29. The number of carbonyl (C=O) groups is 1. The highest BCUT2D eigenvalue weighted by molar-refractivity contribution is 7.17. The van der Waals surface area contributed by atoms with Crippen LogP contribution in [0.2, 0.25) is 0 Å². The Morgan fingerprint density at radius 3 is 2.32 bits per heavy atom. The minimum Gasteiger partial charge on any atom is -0.365 e. The van der Waals surface area contributed by atoms with Crippen LogP contribution in [0.3, 0.4) is 0 Å². The van der Waals surface area contributed by atoms with Crippen LogP contribution in [0.25, 0.3) is 16.1 Å². The minimum atomic E-state index is -0.428. The SMILES string of the molecule is Cc1nn2ccccc2c1-c1nc(C(C)(C)C)c(C(N)=O)s1.c1ccncc1. The lowest BCUT2D eigenvalue weighted by Crippen LogP contribution is -2.19. The third kappa shape index (κ3) is 4.09. The number of hydrogen-bond donors (Lipinski definition) is 1. The number of hydrogen-bond acceptors (Lipinski definition) is 5. The molecule has 0 aromatic carbocycles. The molecule has 1 amide bonds. The molecule has 4 rings (SSSR count). The maximum absolute atomic E-state index is 11.8. The van der Waals surface area contributed by atoms with E-state index in [0.717, 1.165) is 27.5 Å². The van der Waals surface area contributed by atoms with Crippen molar-refractivity contribution in [3.63, 3.8) is 0 Å². The molecular weight excluding hydrogens is 370 g/mol. The largest absolute Gasteiger partial charge is 0.365 e. The lowest BCUT2D eigenvalue weighted by molar-refractivity contribution is 0.100. The molecular formula is C21H23N5OS. The van der Waals surface area contributed by atoms with Crippen molar-refractivity contribution in [2.45, 2.75) is 33.1 Å². The number of rotatable bonds is 2. The Morgan fingerprint density at radius 2 is 1.82 bits per heavy atom. The third-order valence-electron chi connectivity index (χ3n) is 4.06. The topological polar surface area (TPSA) is 86.2 Å². The molecule has 0 aliphatic carbocycles. The van der Waals surface area contributed by atoms with Gasteiger partial charge in [0.25, 0.3) is 5.91 Å². The van der Waals surface area contributed by atoms with E-state index in [0.29, 0.717) is 4.88 Å². The molecule has 0 aliphatic heterocycles. The third-order valence-corrected chi connectivity index (χ3v) is 5.14. The number of primary amides is 1. The zero-order valence-electron chi connectivity index (χ0n) is 16.4. The van der Waals surface area contributed by atoms with Crippen molar-refractivity contribution < 1.29 is 4.79 Å². The van der Waals surface area contributed by atoms with E-state index >= 15 is 0 Å². The van der Waals surface area contributed by atoms with Gasteiger partial charge in [0.2, 0.25) is 0 Å².